The summed E-state index contributed by atoms with van der Waals surface area (Å²) in [7, 11) is 0. The van der Waals surface area contributed by atoms with Gasteiger partial charge < -0.3 is 14.5 Å². The molecule has 2 saturated heterocycles. The predicted octanol–water partition coefficient (Wildman–Crippen LogP) is 1.27. The van der Waals surface area contributed by atoms with Crippen molar-refractivity contribution in [1.29, 1.82) is 0 Å². The van der Waals surface area contributed by atoms with Crippen LogP contribution in [0.3, 0.4) is 0 Å². The molecule has 2 atom stereocenters. The van der Waals surface area contributed by atoms with Crippen molar-refractivity contribution in [3.05, 3.63) is 0 Å². The van der Waals surface area contributed by atoms with Gasteiger partial charge in [0.1, 0.15) is 12.1 Å². The van der Waals surface area contributed by atoms with Gasteiger partial charge in [0.25, 0.3) is 0 Å². The largest absolute Gasteiger partial charge is 0.382 e. The molecular formula is C15H26N2O3. The predicted molar refractivity (Wildman–Crippen MR) is 76.2 cm³/mol. The second-order valence-electron chi connectivity index (χ2n) is 5.96. The highest BCUT2D eigenvalue weighted by molar-refractivity contribution is 5.97. The van der Waals surface area contributed by atoms with Crippen molar-refractivity contribution in [1.82, 2.24) is 9.80 Å². The average Bonchev–Trinajstić information content (AvgIpc) is 2.89. The van der Waals surface area contributed by atoms with E-state index in [4.69, 9.17) is 4.74 Å². The molecule has 2 fully saturated rings. The van der Waals surface area contributed by atoms with E-state index in [0.29, 0.717) is 19.8 Å². The van der Waals surface area contributed by atoms with Crippen LogP contribution in [0.25, 0.3) is 0 Å². The van der Waals surface area contributed by atoms with Crippen LogP contribution in [0.4, 0.5) is 0 Å². The summed E-state index contributed by atoms with van der Waals surface area (Å²) >= 11 is 0. The molecule has 0 spiro atoms. The highest BCUT2D eigenvalue weighted by Gasteiger charge is 2.48. The molecule has 2 heterocycles. The molecule has 2 amide bonds. The standard InChI is InChI=1S/C15H26N2O3/c1-4-20-10-6-9-17-13(11(2)3)15(19)16-8-5-7-12(16)14(17)18/h11-13H,4-10H2,1-3H3. The number of ether oxygens (including phenoxy) is 1. The van der Waals surface area contributed by atoms with Gasteiger partial charge in [-0.2, -0.15) is 0 Å². The van der Waals surface area contributed by atoms with Crippen molar-refractivity contribution in [2.24, 2.45) is 5.92 Å². The quantitative estimate of drug-likeness (QED) is 0.689. The van der Waals surface area contributed by atoms with Crippen LogP contribution >= 0.6 is 0 Å². The van der Waals surface area contributed by atoms with Crippen LogP contribution in [0.1, 0.15) is 40.0 Å². The second kappa shape index (κ2) is 6.57. The van der Waals surface area contributed by atoms with Crippen molar-refractivity contribution in [2.45, 2.75) is 52.1 Å². The Morgan fingerprint density at radius 2 is 2.05 bits per heavy atom. The first-order chi connectivity index (χ1) is 9.57. The fraction of sp³-hybridized carbons (Fsp3) is 0.867. The smallest absolute Gasteiger partial charge is 0.246 e. The van der Waals surface area contributed by atoms with Gasteiger partial charge in [-0.05, 0) is 32.1 Å². The molecule has 2 aliphatic heterocycles. The minimum Gasteiger partial charge on any atom is -0.382 e. The van der Waals surface area contributed by atoms with E-state index in [1.807, 2.05) is 20.8 Å². The van der Waals surface area contributed by atoms with Crippen LogP contribution in [0, 0.1) is 5.92 Å². The number of nitrogens with zero attached hydrogens (tertiary/aromatic N) is 2. The Morgan fingerprint density at radius 1 is 1.30 bits per heavy atom. The number of piperazine rings is 1. The van der Waals surface area contributed by atoms with Gasteiger partial charge in [-0.25, -0.2) is 0 Å². The molecule has 0 aromatic rings. The zero-order valence-electron chi connectivity index (χ0n) is 12.8. The first-order valence-electron chi connectivity index (χ1n) is 7.76. The maximum atomic E-state index is 12.6. The van der Waals surface area contributed by atoms with Crippen molar-refractivity contribution >= 4 is 11.8 Å². The fourth-order valence-corrected chi connectivity index (χ4v) is 3.29. The molecule has 2 unspecified atom stereocenters. The van der Waals surface area contributed by atoms with Gasteiger partial charge in [0.05, 0.1) is 0 Å². The maximum Gasteiger partial charge on any atom is 0.246 e. The van der Waals surface area contributed by atoms with Gasteiger partial charge in [-0.15, -0.1) is 0 Å². The Labute approximate surface area is 121 Å². The van der Waals surface area contributed by atoms with Gasteiger partial charge in [-0.3, -0.25) is 9.59 Å². The summed E-state index contributed by atoms with van der Waals surface area (Å²) < 4.78 is 5.34. The summed E-state index contributed by atoms with van der Waals surface area (Å²) in [5.41, 5.74) is 0. The highest BCUT2D eigenvalue weighted by Crippen LogP contribution is 2.29. The number of rotatable bonds is 6. The summed E-state index contributed by atoms with van der Waals surface area (Å²) in [4.78, 5) is 28.8. The van der Waals surface area contributed by atoms with Crippen LogP contribution in [0.5, 0.6) is 0 Å². The first-order valence-corrected chi connectivity index (χ1v) is 7.76. The third-order valence-corrected chi connectivity index (χ3v) is 4.22. The number of amides is 2. The monoisotopic (exact) mass is 282 g/mol. The zero-order chi connectivity index (χ0) is 14.7. The van der Waals surface area contributed by atoms with Crippen molar-refractivity contribution in [3.63, 3.8) is 0 Å². The number of hydrogen-bond acceptors (Lipinski definition) is 3. The molecule has 114 valence electrons. The Morgan fingerprint density at radius 3 is 2.70 bits per heavy atom. The van der Waals surface area contributed by atoms with Crippen molar-refractivity contribution in [3.8, 4) is 0 Å². The maximum absolute atomic E-state index is 12.6. The van der Waals surface area contributed by atoms with E-state index in [9.17, 15) is 9.59 Å². The molecule has 2 aliphatic rings. The van der Waals surface area contributed by atoms with Gasteiger partial charge in [0.2, 0.25) is 11.8 Å². The van der Waals surface area contributed by atoms with Gasteiger partial charge in [0, 0.05) is 26.3 Å². The summed E-state index contributed by atoms with van der Waals surface area (Å²) in [6.07, 6.45) is 2.56. The molecule has 0 radical (unpaired) electrons. The zero-order valence-corrected chi connectivity index (χ0v) is 12.8. The minimum absolute atomic E-state index is 0.136. The lowest BCUT2D eigenvalue weighted by molar-refractivity contribution is -0.161. The van der Waals surface area contributed by atoms with E-state index < -0.39 is 0 Å². The number of fused-ring (bicyclic) bond motifs is 1. The Balaban J connectivity index is 2.08. The van der Waals surface area contributed by atoms with Crippen molar-refractivity contribution in [2.75, 3.05) is 26.3 Å². The molecule has 0 N–H and O–H groups in total. The van der Waals surface area contributed by atoms with Gasteiger partial charge >= 0.3 is 0 Å². The lowest BCUT2D eigenvalue weighted by Crippen LogP contribution is -2.64. The Kier molecular flexibility index (Phi) is 5.02. The lowest BCUT2D eigenvalue weighted by atomic mass is 9.95. The van der Waals surface area contributed by atoms with Gasteiger partial charge in [0.15, 0.2) is 0 Å². The molecule has 2 rings (SSSR count). The lowest BCUT2D eigenvalue weighted by Gasteiger charge is -2.44. The van der Waals surface area contributed by atoms with E-state index in [1.54, 1.807) is 9.80 Å². The number of carbonyl (C=O) groups excluding carboxylic acids is 2. The van der Waals surface area contributed by atoms with Crippen LogP contribution < -0.4 is 0 Å². The van der Waals surface area contributed by atoms with E-state index in [1.165, 1.54) is 0 Å². The van der Waals surface area contributed by atoms with Crippen LogP contribution in [-0.4, -0.2) is 60.0 Å². The third-order valence-electron chi connectivity index (χ3n) is 4.22. The Bertz CT molecular complexity index is 370. The summed E-state index contributed by atoms with van der Waals surface area (Å²) in [5, 5.41) is 0. The fourth-order valence-electron chi connectivity index (χ4n) is 3.29. The normalized spacial score (nSPS) is 26.6. The molecule has 20 heavy (non-hydrogen) atoms. The molecule has 5 nitrogen and oxygen atoms in total. The molecule has 0 bridgehead atoms. The molecular weight excluding hydrogens is 256 g/mol. The van der Waals surface area contributed by atoms with Crippen LogP contribution in [-0.2, 0) is 14.3 Å². The van der Waals surface area contributed by atoms with E-state index >= 15 is 0 Å². The summed E-state index contributed by atoms with van der Waals surface area (Å²) in [6, 6.07) is -0.497. The molecule has 0 aromatic heterocycles. The highest BCUT2D eigenvalue weighted by atomic mass is 16.5. The number of hydrogen-bond donors (Lipinski definition) is 0. The van der Waals surface area contributed by atoms with Gasteiger partial charge in [-0.1, -0.05) is 13.8 Å². The SMILES string of the molecule is CCOCCCN1C(=O)C2CCCN2C(=O)C1C(C)C. The average molecular weight is 282 g/mol. The third kappa shape index (κ3) is 2.82. The van der Waals surface area contributed by atoms with E-state index in [-0.39, 0.29) is 29.8 Å². The Hall–Kier alpha value is -1.10. The van der Waals surface area contributed by atoms with E-state index in [0.717, 1.165) is 25.8 Å². The summed E-state index contributed by atoms with van der Waals surface area (Å²) in [6.45, 7) is 8.69. The molecule has 0 aromatic carbocycles. The second-order valence-corrected chi connectivity index (χ2v) is 5.96. The van der Waals surface area contributed by atoms with Crippen molar-refractivity contribution < 1.29 is 14.3 Å². The molecule has 0 saturated carbocycles. The van der Waals surface area contributed by atoms with E-state index in [2.05, 4.69) is 0 Å². The molecule has 5 heteroatoms. The number of carbonyl (C=O) groups is 2. The molecule has 0 aliphatic carbocycles. The minimum atomic E-state index is -0.293. The first kappa shape index (κ1) is 15.3. The van der Waals surface area contributed by atoms with Crippen LogP contribution in [0.2, 0.25) is 0 Å². The van der Waals surface area contributed by atoms with Crippen LogP contribution in [0.15, 0.2) is 0 Å². The topological polar surface area (TPSA) is 49.9 Å². The summed E-state index contributed by atoms with van der Waals surface area (Å²) in [5.74, 6) is 0.427.